The summed E-state index contributed by atoms with van der Waals surface area (Å²) in [5, 5.41) is 16.3. The van der Waals surface area contributed by atoms with Crippen molar-refractivity contribution in [2.24, 2.45) is 7.05 Å². The fourth-order valence-electron chi connectivity index (χ4n) is 5.95. The first kappa shape index (κ1) is 30.5. The molecule has 3 aromatic carbocycles. The molecule has 0 aliphatic carbocycles. The molecule has 1 aliphatic heterocycles. The lowest BCUT2D eigenvalue weighted by Gasteiger charge is -2.21. The molecule has 0 spiro atoms. The van der Waals surface area contributed by atoms with Crippen molar-refractivity contribution in [2.45, 2.75) is 12.5 Å². The maximum absolute atomic E-state index is 14.3. The maximum atomic E-state index is 14.3. The smallest absolute Gasteiger partial charge is 0.412 e. The van der Waals surface area contributed by atoms with Gasteiger partial charge in [-0.3, -0.25) is 14.8 Å². The van der Waals surface area contributed by atoms with Crippen molar-refractivity contribution < 1.29 is 33.5 Å². The van der Waals surface area contributed by atoms with Gasteiger partial charge in [-0.2, -0.15) is 0 Å². The molecule has 0 fully saturated rings. The summed E-state index contributed by atoms with van der Waals surface area (Å²) < 4.78 is 25.0. The number of methoxy groups -OCH3 is 3. The molecule has 6 rings (SSSR count). The Balaban J connectivity index is 1.39. The number of rotatable bonds is 8. The molecule has 15 heteroatoms. The summed E-state index contributed by atoms with van der Waals surface area (Å²) >= 11 is 6.47. The second-order valence-corrected chi connectivity index (χ2v) is 10.8. The van der Waals surface area contributed by atoms with Crippen molar-refractivity contribution in [3.63, 3.8) is 0 Å². The van der Waals surface area contributed by atoms with Crippen molar-refractivity contribution in [1.82, 2.24) is 14.1 Å². The summed E-state index contributed by atoms with van der Waals surface area (Å²) in [4.78, 5) is 43.4. The van der Waals surface area contributed by atoms with Crippen LogP contribution in [0.3, 0.4) is 0 Å². The topological polar surface area (TPSA) is 152 Å². The zero-order chi connectivity index (χ0) is 32.7. The molecule has 1 aliphatic rings. The number of halogens is 1. The molecule has 0 saturated heterocycles. The first-order chi connectivity index (χ1) is 22.2. The van der Waals surface area contributed by atoms with E-state index >= 15 is 0 Å². The highest BCUT2D eigenvalue weighted by Crippen LogP contribution is 2.47. The molecule has 2 amide bonds. The van der Waals surface area contributed by atoms with Gasteiger partial charge < -0.3 is 33.6 Å². The molecule has 2 aromatic heterocycles. The van der Waals surface area contributed by atoms with E-state index in [-0.39, 0.29) is 36.7 Å². The second kappa shape index (κ2) is 12.1. The zero-order valence-corrected chi connectivity index (χ0v) is 26.0. The van der Waals surface area contributed by atoms with Crippen molar-refractivity contribution in [2.75, 3.05) is 44.0 Å². The van der Waals surface area contributed by atoms with Crippen molar-refractivity contribution in [3.8, 4) is 17.2 Å². The van der Waals surface area contributed by atoms with Crippen LogP contribution in [-0.2, 0) is 18.4 Å². The summed E-state index contributed by atoms with van der Waals surface area (Å²) in [5.41, 5.74) is 2.44. The van der Waals surface area contributed by atoms with Gasteiger partial charge in [-0.25, -0.2) is 9.59 Å². The van der Waals surface area contributed by atoms with Gasteiger partial charge in [-0.05, 0) is 39.1 Å². The number of nitrogens with zero attached hydrogens (tertiary/aromatic N) is 5. The SMILES string of the molecule is COc1cc2ccn(C(=O)N3CC(CCl)c4c3cc(NC(=O)OCc3c([N+](=O)[O-])ncn3C)c3ccccc43)c2c(OC)c1OC. The van der Waals surface area contributed by atoms with E-state index in [1.54, 1.807) is 36.3 Å². The quantitative estimate of drug-likeness (QED) is 0.121. The molecule has 1 atom stereocenters. The number of amides is 2. The van der Waals surface area contributed by atoms with Crippen molar-refractivity contribution >= 4 is 62.6 Å². The molecule has 1 unspecified atom stereocenters. The number of hydrogen-bond donors (Lipinski definition) is 1. The number of benzene rings is 3. The van der Waals surface area contributed by atoms with E-state index in [4.69, 9.17) is 30.5 Å². The van der Waals surface area contributed by atoms with Crippen LogP contribution < -0.4 is 24.4 Å². The van der Waals surface area contributed by atoms with Crippen molar-refractivity contribution in [3.05, 3.63) is 76.4 Å². The number of imidazole rings is 1. The molecule has 46 heavy (non-hydrogen) atoms. The van der Waals surface area contributed by atoms with Gasteiger partial charge in [-0.1, -0.05) is 24.3 Å². The Morgan fingerprint density at radius 1 is 1.09 bits per heavy atom. The number of fused-ring (bicyclic) bond motifs is 4. The third-order valence-electron chi connectivity index (χ3n) is 8.05. The Bertz CT molecular complexity index is 2020. The van der Waals surface area contributed by atoms with Crippen LogP contribution in [0.5, 0.6) is 17.2 Å². The molecule has 1 N–H and O–H groups in total. The fourth-order valence-corrected chi connectivity index (χ4v) is 6.20. The van der Waals surface area contributed by atoms with E-state index in [0.29, 0.717) is 44.9 Å². The van der Waals surface area contributed by atoms with E-state index in [9.17, 15) is 19.7 Å². The Hall–Kier alpha value is -5.50. The Labute approximate surface area is 267 Å². The molecule has 0 bridgehead atoms. The number of carbonyl (C=O) groups is 2. The largest absolute Gasteiger partial charge is 0.493 e. The summed E-state index contributed by atoms with van der Waals surface area (Å²) in [6.45, 7) is -0.0910. The number of ether oxygens (including phenoxy) is 4. The first-order valence-corrected chi connectivity index (χ1v) is 14.6. The van der Waals surface area contributed by atoms with E-state index in [1.807, 2.05) is 24.3 Å². The third kappa shape index (κ3) is 4.96. The Morgan fingerprint density at radius 2 is 1.83 bits per heavy atom. The highest BCUT2D eigenvalue weighted by atomic mass is 35.5. The van der Waals surface area contributed by atoms with E-state index in [0.717, 1.165) is 10.9 Å². The second-order valence-electron chi connectivity index (χ2n) is 10.5. The number of aryl methyl sites for hydroxylation is 1. The minimum absolute atomic E-state index is 0.129. The summed E-state index contributed by atoms with van der Waals surface area (Å²) in [6.07, 6.45) is 2.09. The van der Waals surface area contributed by atoms with Gasteiger partial charge in [0, 0.05) is 42.4 Å². The monoisotopic (exact) mass is 648 g/mol. The van der Waals surface area contributed by atoms with Gasteiger partial charge in [0.05, 0.1) is 32.7 Å². The van der Waals surface area contributed by atoms with Crippen LogP contribution in [0.1, 0.15) is 17.2 Å². The van der Waals surface area contributed by atoms with Gasteiger partial charge in [-0.15, -0.1) is 11.6 Å². The summed E-state index contributed by atoms with van der Waals surface area (Å²) in [7, 11) is 6.07. The number of carbonyl (C=O) groups excluding carboxylic acids is 2. The van der Waals surface area contributed by atoms with Crippen LogP contribution in [0.4, 0.5) is 26.8 Å². The highest BCUT2D eigenvalue weighted by Gasteiger charge is 2.36. The van der Waals surface area contributed by atoms with Gasteiger partial charge >= 0.3 is 17.9 Å². The molecular formula is C31H29ClN6O8. The van der Waals surface area contributed by atoms with Gasteiger partial charge in [0.2, 0.25) is 12.1 Å². The van der Waals surface area contributed by atoms with Gasteiger partial charge in [0.15, 0.2) is 17.2 Å². The average Bonchev–Trinajstić information content (AvgIpc) is 3.77. The first-order valence-electron chi connectivity index (χ1n) is 14.0. The van der Waals surface area contributed by atoms with Crippen molar-refractivity contribution in [1.29, 1.82) is 0 Å². The van der Waals surface area contributed by atoms with Crippen LogP contribution in [0.2, 0.25) is 0 Å². The molecule has 3 heterocycles. The number of nitrogens with one attached hydrogen (secondary N) is 1. The third-order valence-corrected chi connectivity index (χ3v) is 8.43. The molecule has 0 saturated carbocycles. The summed E-state index contributed by atoms with van der Waals surface area (Å²) in [5.74, 6) is 0.789. The minimum Gasteiger partial charge on any atom is -0.493 e. The van der Waals surface area contributed by atoms with Crippen LogP contribution in [-0.4, -0.2) is 64.9 Å². The summed E-state index contributed by atoms with van der Waals surface area (Å²) in [6, 6.07) is 12.3. The lowest BCUT2D eigenvalue weighted by Crippen LogP contribution is -2.33. The fraction of sp³-hybridized carbons (Fsp3) is 0.258. The minimum atomic E-state index is -0.840. The van der Waals surface area contributed by atoms with E-state index in [2.05, 4.69) is 10.3 Å². The zero-order valence-electron chi connectivity index (χ0n) is 25.3. The highest BCUT2D eigenvalue weighted by molar-refractivity contribution is 6.19. The van der Waals surface area contributed by atoms with E-state index in [1.165, 1.54) is 36.8 Å². The Morgan fingerprint density at radius 3 is 2.50 bits per heavy atom. The van der Waals surface area contributed by atoms with E-state index < -0.39 is 16.8 Å². The van der Waals surface area contributed by atoms with Crippen LogP contribution >= 0.6 is 11.6 Å². The number of anilines is 2. The van der Waals surface area contributed by atoms with Gasteiger partial charge in [0.25, 0.3) is 0 Å². The number of hydrogen-bond acceptors (Lipinski definition) is 9. The maximum Gasteiger partial charge on any atom is 0.412 e. The lowest BCUT2D eigenvalue weighted by atomic mass is 9.95. The standard InChI is InChI=1S/C31H29ClN6O8/c1-35-16-33-29(38(41)42)23(35)15-46-30(39)34-21-12-22-25(20-8-6-5-7-19(20)21)18(13-32)14-37(22)31(40)36-10-9-17-11-24(43-2)27(44-3)28(45-4)26(17)36/h5-12,16,18H,13-15H2,1-4H3,(H,34,39). The molecular weight excluding hydrogens is 620 g/mol. The Kier molecular flexibility index (Phi) is 8.04. The van der Waals surface area contributed by atoms with Gasteiger partial charge in [0.1, 0.15) is 12.1 Å². The van der Waals surface area contributed by atoms with Crippen LogP contribution in [0.25, 0.3) is 21.7 Å². The number of aromatic nitrogens is 3. The molecule has 5 aromatic rings. The van der Waals surface area contributed by atoms with Crippen LogP contribution in [0.15, 0.2) is 55.0 Å². The molecule has 0 radical (unpaired) electrons. The lowest BCUT2D eigenvalue weighted by molar-refractivity contribution is -0.390. The number of nitro groups is 1. The molecule has 14 nitrogen and oxygen atoms in total. The van der Waals surface area contributed by atoms with Crippen LogP contribution in [0, 0.1) is 10.1 Å². The normalized spacial score (nSPS) is 13.9. The predicted molar refractivity (Wildman–Crippen MR) is 171 cm³/mol. The predicted octanol–water partition coefficient (Wildman–Crippen LogP) is 6.02. The average molecular weight is 649 g/mol. The number of alkyl halides is 1. The molecule has 238 valence electrons.